The van der Waals surface area contributed by atoms with Gasteiger partial charge in [-0.3, -0.25) is 0 Å². The third-order valence-electron chi connectivity index (χ3n) is 1.87. The van der Waals surface area contributed by atoms with Gasteiger partial charge in [0.1, 0.15) is 5.75 Å². The number of phenols is 1. The van der Waals surface area contributed by atoms with Crippen LogP contribution in [-0.2, 0) is 0 Å². The van der Waals surface area contributed by atoms with E-state index in [1.807, 2.05) is 12.1 Å². The number of benzene rings is 1. The molecule has 1 atom stereocenters. The van der Waals surface area contributed by atoms with Crippen LogP contribution in [0.4, 0.5) is 5.69 Å². The minimum absolute atomic E-state index is 0.386. The Kier molecular flexibility index (Phi) is 1.89. The molecule has 1 aliphatic heterocycles. The lowest BCUT2D eigenvalue weighted by molar-refractivity contribution is 0.462. The molecule has 0 bridgehead atoms. The van der Waals surface area contributed by atoms with E-state index in [2.05, 4.69) is 12.2 Å². The van der Waals surface area contributed by atoms with Crippen molar-refractivity contribution in [2.24, 2.45) is 0 Å². The summed E-state index contributed by atoms with van der Waals surface area (Å²) in [6, 6.07) is 6.07. The number of aromatic hydroxyl groups is 1. The maximum absolute atomic E-state index is 9.48. The SMILES string of the molecule is CC1CSc2c(O)cccc2N1. The second-order valence-electron chi connectivity index (χ2n) is 3.01. The fraction of sp³-hybridized carbons (Fsp3) is 0.333. The standard InChI is InChI=1S/C9H11NOS/c1-6-5-12-9-7(10-6)3-2-4-8(9)11/h2-4,6,10-11H,5H2,1H3. The number of thioether (sulfide) groups is 1. The van der Waals surface area contributed by atoms with E-state index in [4.69, 9.17) is 0 Å². The van der Waals surface area contributed by atoms with E-state index in [1.54, 1.807) is 17.8 Å². The lowest BCUT2D eigenvalue weighted by atomic mass is 10.2. The fourth-order valence-electron chi connectivity index (χ4n) is 1.31. The first-order valence-corrected chi connectivity index (χ1v) is 4.97. The highest BCUT2D eigenvalue weighted by Gasteiger charge is 2.16. The number of nitrogens with one attached hydrogen (secondary N) is 1. The molecule has 2 nitrogen and oxygen atoms in total. The van der Waals surface area contributed by atoms with Gasteiger partial charge in [0, 0.05) is 11.8 Å². The van der Waals surface area contributed by atoms with Crippen molar-refractivity contribution in [3.63, 3.8) is 0 Å². The maximum atomic E-state index is 9.48. The van der Waals surface area contributed by atoms with Gasteiger partial charge in [-0.2, -0.15) is 0 Å². The largest absolute Gasteiger partial charge is 0.507 e. The average molecular weight is 181 g/mol. The summed E-state index contributed by atoms with van der Waals surface area (Å²) in [5.74, 6) is 1.40. The molecule has 1 aliphatic rings. The topological polar surface area (TPSA) is 32.3 Å². The van der Waals surface area contributed by atoms with Gasteiger partial charge >= 0.3 is 0 Å². The van der Waals surface area contributed by atoms with Gasteiger partial charge in [-0.05, 0) is 19.1 Å². The van der Waals surface area contributed by atoms with Gasteiger partial charge in [0.2, 0.25) is 0 Å². The molecular weight excluding hydrogens is 170 g/mol. The van der Waals surface area contributed by atoms with Crippen LogP contribution in [0, 0.1) is 0 Å². The summed E-state index contributed by atoms with van der Waals surface area (Å²) in [5, 5.41) is 12.8. The summed E-state index contributed by atoms with van der Waals surface area (Å²) in [4.78, 5) is 0.982. The number of hydrogen-bond acceptors (Lipinski definition) is 3. The molecule has 12 heavy (non-hydrogen) atoms. The molecule has 0 spiro atoms. The van der Waals surface area contributed by atoms with Gasteiger partial charge in [-0.15, -0.1) is 11.8 Å². The smallest absolute Gasteiger partial charge is 0.131 e. The van der Waals surface area contributed by atoms with E-state index in [-0.39, 0.29) is 0 Å². The Labute approximate surface area is 76.0 Å². The Morgan fingerprint density at radius 2 is 2.42 bits per heavy atom. The Balaban J connectivity index is 2.42. The lowest BCUT2D eigenvalue weighted by Crippen LogP contribution is -2.21. The minimum atomic E-state index is 0.386. The zero-order valence-electron chi connectivity index (χ0n) is 6.87. The Morgan fingerprint density at radius 1 is 1.58 bits per heavy atom. The molecule has 0 saturated heterocycles. The molecule has 1 aromatic rings. The molecule has 64 valence electrons. The van der Waals surface area contributed by atoms with Crippen molar-refractivity contribution < 1.29 is 5.11 Å². The van der Waals surface area contributed by atoms with Crippen molar-refractivity contribution in [3.8, 4) is 5.75 Å². The molecule has 0 aromatic heterocycles. The Bertz CT molecular complexity index is 301. The number of rotatable bonds is 0. The van der Waals surface area contributed by atoms with Crippen molar-refractivity contribution in [2.75, 3.05) is 11.1 Å². The predicted molar refractivity (Wildman–Crippen MR) is 51.9 cm³/mol. The second-order valence-corrected chi connectivity index (χ2v) is 4.04. The van der Waals surface area contributed by atoms with Gasteiger partial charge < -0.3 is 10.4 Å². The van der Waals surface area contributed by atoms with Crippen molar-refractivity contribution >= 4 is 17.4 Å². The molecule has 1 unspecified atom stereocenters. The van der Waals surface area contributed by atoms with Gasteiger partial charge in [-0.1, -0.05) is 6.07 Å². The summed E-state index contributed by atoms with van der Waals surface area (Å²) >= 11 is 1.71. The monoisotopic (exact) mass is 181 g/mol. The highest BCUT2D eigenvalue weighted by Crippen LogP contribution is 2.39. The summed E-state index contributed by atoms with van der Waals surface area (Å²) in [5.41, 5.74) is 1.05. The predicted octanol–water partition coefficient (Wildman–Crippen LogP) is 2.30. The van der Waals surface area contributed by atoms with Crippen LogP contribution in [0.5, 0.6) is 5.75 Å². The van der Waals surface area contributed by atoms with Crippen molar-refractivity contribution in [2.45, 2.75) is 17.9 Å². The number of fused-ring (bicyclic) bond motifs is 1. The van der Waals surface area contributed by atoms with Gasteiger partial charge in [0.05, 0.1) is 10.6 Å². The van der Waals surface area contributed by atoms with E-state index in [0.29, 0.717) is 11.8 Å². The average Bonchev–Trinajstić information content (AvgIpc) is 2.04. The van der Waals surface area contributed by atoms with Gasteiger partial charge in [0.15, 0.2) is 0 Å². The van der Waals surface area contributed by atoms with Crippen LogP contribution in [0.1, 0.15) is 6.92 Å². The summed E-state index contributed by atoms with van der Waals surface area (Å²) in [6.07, 6.45) is 0. The highest BCUT2D eigenvalue weighted by atomic mass is 32.2. The molecule has 1 heterocycles. The van der Waals surface area contributed by atoms with Crippen LogP contribution in [0.2, 0.25) is 0 Å². The minimum Gasteiger partial charge on any atom is -0.507 e. The maximum Gasteiger partial charge on any atom is 0.131 e. The molecule has 0 aliphatic carbocycles. The molecular formula is C9H11NOS. The van der Waals surface area contributed by atoms with E-state index in [1.165, 1.54) is 0 Å². The van der Waals surface area contributed by atoms with E-state index in [0.717, 1.165) is 16.3 Å². The van der Waals surface area contributed by atoms with Gasteiger partial charge in [-0.25, -0.2) is 0 Å². The van der Waals surface area contributed by atoms with E-state index >= 15 is 0 Å². The zero-order valence-corrected chi connectivity index (χ0v) is 7.69. The molecule has 0 saturated carbocycles. The number of hydrogen-bond donors (Lipinski definition) is 2. The quantitative estimate of drug-likeness (QED) is 0.644. The van der Waals surface area contributed by atoms with Crippen molar-refractivity contribution in [1.29, 1.82) is 0 Å². The first-order valence-electron chi connectivity index (χ1n) is 3.98. The summed E-state index contributed by atoms with van der Waals surface area (Å²) in [7, 11) is 0. The van der Waals surface area contributed by atoms with Crippen LogP contribution >= 0.6 is 11.8 Å². The number of phenolic OH excluding ortho intramolecular Hbond substituents is 1. The van der Waals surface area contributed by atoms with Gasteiger partial charge in [0.25, 0.3) is 0 Å². The number of anilines is 1. The van der Waals surface area contributed by atoms with E-state index < -0.39 is 0 Å². The van der Waals surface area contributed by atoms with Crippen molar-refractivity contribution in [3.05, 3.63) is 18.2 Å². The molecule has 2 rings (SSSR count). The second kappa shape index (κ2) is 2.90. The van der Waals surface area contributed by atoms with Crippen LogP contribution in [0.25, 0.3) is 0 Å². The first-order chi connectivity index (χ1) is 5.77. The third kappa shape index (κ3) is 1.25. The lowest BCUT2D eigenvalue weighted by Gasteiger charge is -2.23. The molecule has 1 aromatic carbocycles. The molecule has 2 N–H and O–H groups in total. The fourth-order valence-corrected chi connectivity index (χ4v) is 2.30. The van der Waals surface area contributed by atoms with Crippen LogP contribution < -0.4 is 5.32 Å². The molecule has 0 radical (unpaired) electrons. The zero-order chi connectivity index (χ0) is 8.55. The normalized spacial score (nSPS) is 21.2. The third-order valence-corrected chi connectivity index (χ3v) is 3.26. The Hall–Kier alpha value is -0.830. The molecule has 0 amide bonds. The van der Waals surface area contributed by atoms with Crippen LogP contribution in [0.15, 0.2) is 23.1 Å². The first kappa shape index (κ1) is 7.80. The van der Waals surface area contributed by atoms with Crippen LogP contribution in [0.3, 0.4) is 0 Å². The van der Waals surface area contributed by atoms with Crippen molar-refractivity contribution in [1.82, 2.24) is 0 Å². The Morgan fingerprint density at radius 3 is 3.25 bits per heavy atom. The summed E-state index contributed by atoms with van der Waals surface area (Å²) < 4.78 is 0. The van der Waals surface area contributed by atoms with E-state index in [9.17, 15) is 5.11 Å². The van der Waals surface area contributed by atoms with Crippen LogP contribution in [-0.4, -0.2) is 16.9 Å². The summed E-state index contributed by atoms with van der Waals surface area (Å²) in [6.45, 7) is 2.14. The highest BCUT2D eigenvalue weighted by molar-refractivity contribution is 7.99. The molecule has 3 heteroatoms. The molecule has 0 fully saturated rings.